The molecule has 0 saturated carbocycles. The van der Waals surface area contributed by atoms with E-state index in [0.29, 0.717) is 24.6 Å². The van der Waals surface area contributed by atoms with E-state index in [1.54, 1.807) is 6.92 Å². The number of nitrogens with one attached hydrogen (secondary N) is 1. The fourth-order valence-corrected chi connectivity index (χ4v) is 3.33. The summed E-state index contributed by atoms with van der Waals surface area (Å²) in [5.41, 5.74) is 1.31. The maximum atomic E-state index is 11.9. The molecule has 27 heavy (non-hydrogen) atoms. The van der Waals surface area contributed by atoms with Crippen molar-refractivity contribution in [2.24, 2.45) is 0 Å². The molecule has 0 bridgehead atoms. The lowest BCUT2D eigenvalue weighted by atomic mass is 10.2. The molecule has 1 saturated heterocycles. The van der Waals surface area contributed by atoms with E-state index in [1.165, 1.54) is 5.69 Å². The van der Waals surface area contributed by atoms with E-state index in [-0.39, 0.29) is 5.91 Å². The molecule has 1 amide bonds. The zero-order chi connectivity index (χ0) is 18.9. The van der Waals surface area contributed by atoms with Crippen molar-refractivity contribution < 1.29 is 9.32 Å². The van der Waals surface area contributed by atoms with Gasteiger partial charge in [0, 0.05) is 51.3 Å². The van der Waals surface area contributed by atoms with E-state index < -0.39 is 0 Å². The van der Waals surface area contributed by atoms with Crippen LogP contribution in [0.4, 0.5) is 5.69 Å². The predicted octanol–water partition coefficient (Wildman–Crippen LogP) is 2.03. The Hall–Kier alpha value is -2.41. The third-order valence-corrected chi connectivity index (χ3v) is 4.83. The summed E-state index contributed by atoms with van der Waals surface area (Å²) in [5.74, 6) is 1.34. The Balaban J connectivity index is 1.22. The summed E-state index contributed by atoms with van der Waals surface area (Å²) in [5, 5.41) is 6.75. The Morgan fingerprint density at radius 1 is 1.15 bits per heavy atom. The summed E-state index contributed by atoms with van der Waals surface area (Å²) < 4.78 is 5.05. The number of para-hydroxylation sites is 1. The second kappa shape index (κ2) is 10.1. The molecule has 3 rings (SSSR count). The van der Waals surface area contributed by atoms with E-state index in [0.717, 1.165) is 52.1 Å². The monoisotopic (exact) mass is 371 g/mol. The Kier molecular flexibility index (Phi) is 7.21. The van der Waals surface area contributed by atoms with Gasteiger partial charge in [0.15, 0.2) is 5.82 Å². The number of carbonyl (C=O) groups excluding carboxylic acids is 1. The first-order chi connectivity index (χ1) is 13.2. The van der Waals surface area contributed by atoms with Crippen molar-refractivity contribution in [1.29, 1.82) is 0 Å². The van der Waals surface area contributed by atoms with E-state index in [2.05, 4.69) is 55.6 Å². The highest BCUT2D eigenvalue weighted by Crippen LogP contribution is 2.15. The predicted molar refractivity (Wildman–Crippen MR) is 105 cm³/mol. The number of amides is 1. The molecule has 2 aromatic rings. The van der Waals surface area contributed by atoms with Crippen LogP contribution in [0.25, 0.3) is 0 Å². The maximum Gasteiger partial charge on any atom is 0.226 e. The van der Waals surface area contributed by atoms with Gasteiger partial charge in [0.2, 0.25) is 11.8 Å². The van der Waals surface area contributed by atoms with Gasteiger partial charge in [-0.15, -0.1) is 0 Å². The molecule has 1 aromatic heterocycles. The smallest absolute Gasteiger partial charge is 0.226 e. The van der Waals surface area contributed by atoms with Crippen LogP contribution in [-0.2, 0) is 11.2 Å². The molecule has 146 valence electrons. The molecule has 0 unspecified atom stereocenters. The van der Waals surface area contributed by atoms with Gasteiger partial charge in [0.1, 0.15) is 0 Å². The summed E-state index contributed by atoms with van der Waals surface area (Å²) in [6, 6.07) is 10.6. The molecule has 7 nitrogen and oxygen atoms in total. The van der Waals surface area contributed by atoms with Crippen LogP contribution in [0.3, 0.4) is 0 Å². The van der Waals surface area contributed by atoms with Crippen LogP contribution in [-0.4, -0.2) is 60.2 Å². The minimum absolute atomic E-state index is 0.0973. The number of nitrogens with zero attached hydrogens (tertiary/aromatic N) is 4. The number of aromatic nitrogens is 2. The van der Waals surface area contributed by atoms with Gasteiger partial charge in [-0.3, -0.25) is 9.69 Å². The van der Waals surface area contributed by atoms with Crippen molar-refractivity contribution >= 4 is 11.6 Å². The third kappa shape index (κ3) is 6.36. The number of rotatable bonds is 9. The molecule has 1 N–H and O–H groups in total. The average molecular weight is 371 g/mol. The van der Waals surface area contributed by atoms with E-state index in [9.17, 15) is 4.79 Å². The Bertz CT molecular complexity index is 695. The van der Waals surface area contributed by atoms with Gasteiger partial charge in [-0.05, 0) is 38.4 Å². The molecule has 7 heteroatoms. The first-order valence-electron chi connectivity index (χ1n) is 9.79. The van der Waals surface area contributed by atoms with Gasteiger partial charge < -0.3 is 14.7 Å². The summed E-state index contributed by atoms with van der Waals surface area (Å²) >= 11 is 0. The zero-order valence-corrected chi connectivity index (χ0v) is 16.1. The number of carbonyl (C=O) groups is 1. The number of hydrogen-bond donors (Lipinski definition) is 1. The van der Waals surface area contributed by atoms with Crippen LogP contribution < -0.4 is 10.2 Å². The second-order valence-corrected chi connectivity index (χ2v) is 6.96. The van der Waals surface area contributed by atoms with E-state index in [4.69, 9.17) is 4.52 Å². The van der Waals surface area contributed by atoms with Crippen LogP contribution >= 0.6 is 0 Å². The maximum absolute atomic E-state index is 11.9. The molecule has 1 aromatic carbocycles. The lowest BCUT2D eigenvalue weighted by Crippen LogP contribution is -2.47. The minimum atomic E-state index is 0.0973. The van der Waals surface area contributed by atoms with E-state index >= 15 is 0 Å². The van der Waals surface area contributed by atoms with Crippen molar-refractivity contribution in [2.45, 2.75) is 32.6 Å². The van der Waals surface area contributed by atoms with Crippen LogP contribution in [0.2, 0.25) is 0 Å². The molecule has 1 aliphatic rings. The highest BCUT2D eigenvalue weighted by molar-refractivity contribution is 5.75. The Morgan fingerprint density at radius 3 is 2.63 bits per heavy atom. The topological polar surface area (TPSA) is 74.5 Å². The standard InChI is InChI=1S/C20H29N5O2/c1-17-22-20(27-23-17)10-5-9-19(26)21-11-6-12-24-13-15-25(16-14-24)18-7-3-2-4-8-18/h2-4,7-8H,5-6,9-16H2,1H3,(H,21,26). The van der Waals surface area contributed by atoms with Crippen LogP contribution in [0.5, 0.6) is 0 Å². The van der Waals surface area contributed by atoms with E-state index in [1.807, 2.05) is 0 Å². The SMILES string of the molecule is Cc1noc(CCCC(=O)NCCCN2CCN(c3ccccc3)CC2)n1. The van der Waals surface area contributed by atoms with Gasteiger partial charge in [-0.1, -0.05) is 23.4 Å². The molecule has 1 aliphatic heterocycles. The lowest BCUT2D eigenvalue weighted by Gasteiger charge is -2.36. The lowest BCUT2D eigenvalue weighted by molar-refractivity contribution is -0.121. The highest BCUT2D eigenvalue weighted by atomic mass is 16.5. The van der Waals surface area contributed by atoms with Crippen LogP contribution in [0.1, 0.15) is 31.0 Å². The first-order valence-corrected chi connectivity index (χ1v) is 9.79. The third-order valence-electron chi connectivity index (χ3n) is 4.83. The largest absolute Gasteiger partial charge is 0.369 e. The zero-order valence-electron chi connectivity index (χ0n) is 16.1. The normalized spacial score (nSPS) is 15.1. The number of piperazine rings is 1. The molecule has 0 radical (unpaired) electrons. The number of hydrogen-bond acceptors (Lipinski definition) is 6. The number of anilines is 1. The fourth-order valence-electron chi connectivity index (χ4n) is 3.33. The molecular formula is C20H29N5O2. The van der Waals surface area contributed by atoms with Crippen molar-refractivity contribution in [3.63, 3.8) is 0 Å². The average Bonchev–Trinajstić information content (AvgIpc) is 3.11. The first kappa shape index (κ1) is 19.4. The molecule has 0 aliphatic carbocycles. The highest BCUT2D eigenvalue weighted by Gasteiger charge is 2.16. The quantitative estimate of drug-likeness (QED) is 0.680. The van der Waals surface area contributed by atoms with Gasteiger partial charge in [0.25, 0.3) is 0 Å². The summed E-state index contributed by atoms with van der Waals surface area (Å²) in [6.07, 6.45) is 2.87. The van der Waals surface area contributed by atoms with Crippen molar-refractivity contribution in [3.05, 3.63) is 42.0 Å². The number of benzene rings is 1. The Morgan fingerprint density at radius 2 is 1.93 bits per heavy atom. The molecule has 0 atom stereocenters. The molecular weight excluding hydrogens is 342 g/mol. The summed E-state index contributed by atoms with van der Waals surface area (Å²) in [6.45, 7) is 7.83. The van der Waals surface area contributed by atoms with Crippen molar-refractivity contribution in [2.75, 3.05) is 44.2 Å². The van der Waals surface area contributed by atoms with Crippen LogP contribution in [0.15, 0.2) is 34.9 Å². The molecule has 1 fully saturated rings. The molecule has 0 spiro atoms. The van der Waals surface area contributed by atoms with Crippen molar-refractivity contribution in [1.82, 2.24) is 20.4 Å². The van der Waals surface area contributed by atoms with Crippen molar-refractivity contribution in [3.8, 4) is 0 Å². The van der Waals surface area contributed by atoms with Gasteiger partial charge in [-0.2, -0.15) is 4.98 Å². The van der Waals surface area contributed by atoms with Gasteiger partial charge >= 0.3 is 0 Å². The fraction of sp³-hybridized carbons (Fsp3) is 0.550. The number of aryl methyl sites for hydroxylation is 2. The van der Waals surface area contributed by atoms with Gasteiger partial charge in [0.05, 0.1) is 0 Å². The van der Waals surface area contributed by atoms with Gasteiger partial charge in [-0.25, -0.2) is 0 Å². The van der Waals surface area contributed by atoms with Crippen LogP contribution in [0, 0.1) is 6.92 Å². The molecule has 2 heterocycles. The summed E-state index contributed by atoms with van der Waals surface area (Å²) in [7, 11) is 0. The minimum Gasteiger partial charge on any atom is -0.369 e. The summed E-state index contributed by atoms with van der Waals surface area (Å²) in [4.78, 5) is 20.9. The Labute approximate surface area is 160 Å². The second-order valence-electron chi connectivity index (χ2n) is 6.96.